The lowest BCUT2D eigenvalue weighted by molar-refractivity contribution is -0.148. The van der Waals surface area contributed by atoms with Crippen molar-refractivity contribution in [2.45, 2.75) is 43.4 Å². The number of carboxylic acids is 1. The number of hydrogen-bond acceptors (Lipinski definition) is 2. The Morgan fingerprint density at radius 1 is 1.20 bits per heavy atom. The van der Waals surface area contributed by atoms with Gasteiger partial charge in [0.05, 0.1) is 17.1 Å². The average molecular weight is 288 g/mol. The number of hydrogen-bond donors (Lipinski definition) is 2. The van der Waals surface area contributed by atoms with Crippen LogP contribution in [0.15, 0.2) is 24.3 Å². The molecule has 0 radical (unpaired) electrons. The van der Waals surface area contributed by atoms with Crippen LogP contribution in [0, 0.1) is 0 Å². The summed E-state index contributed by atoms with van der Waals surface area (Å²) in [5.41, 5.74) is -2.67. The van der Waals surface area contributed by atoms with Crippen molar-refractivity contribution in [3.8, 4) is 0 Å². The van der Waals surface area contributed by atoms with E-state index in [4.69, 9.17) is 0 Å². The van der Waals surface area contributed by atoms with E-state index in [2.05, 4.69) is 0 Å². The third kappa shape index (κ3) is 2.52. The van der Waals surface area contributed by atoms with Gasteiger partial charge in [-0.15, -0.1) is 0 Å². The normalized spacial score (nSPS) is 27.3. The summed E-state index contributed by atoms with van der Waals surface area (Å²) in [7, 11) is 0. The predicted molar refractivity (Wildman–Crippen MR) is 65.2 cm³/mol. The topological polar surface area (TPSA) is 57.5 Å². The zero-order valence-corrected chi connectivity index (χ0v) is 10.7. The minimum Gasteiger partial charge on any atom is -0.481 e. The number of rotatable bonds is 2. The molecule has 0 amide bonds. The van der Waals surface area contributed by atoms with Crippen molar-refractivity contribution in [1.29, 1.82) is 0 Å². The summed E-state index contributed by atoms with van der Waals surface area (Å²) in [6.45, 7) is 0. The number of carbonyl (C=O) groups is 1. The van der Waals surface area contributed by atoms with E-state index in [1.165, 1.54) is 18.2 Å². The monoisotopic (exact) mass is 288 g/mol. The molecule has 0 spiro atoms. The molecule has 1 aromatic rings. The lowest BCUT2D eigenvalue weighted by Crippen LogP contribution is -2.42. The van der Waals surface area contributed by atoms with Crippen LogP contribution in [0.2, 0.25) is 0 Å². The van der Waals surface area contributed by atoms with Gasteiger partial charge in [-0.1, -0.05) is 18.2 Å². The van der Waals surface area contributed by atoms with Gasteiger partial charge >= 0.3 is 12.1 Å². The Labute approximate surface area is 114 Å². The number of aliphatic carboxylic acids is 1. The van der Waals surface area contributed by atoms with Crippen molar-refractivity contribution < 1.29 is 28.2 Å². The molecule has 0 bridgehead atoms. The van der Waals surface area contributed by atoms with Crippen LogP contribution in [0.25, 0.3) is 0 Å². The molecule has 0 aromatic heterocycles. The first-order valence-corrected chi connectivity index (χ1v) is 6.35. The van der Waals surface area contributed by atoms with E-state index in [-0.39, 0.29) is 31.2 Å². The van der Waals surface area contributed by atoms with Gasteiger partial charge in [0, 0.05) is 0 Å². The Morgan fingerprint density at radius 3 is 2.25 bits per heavy atom. The molecule has 1 saturated carbocycles. The molecule has 1 aliphatic carbocycles. The van der Waals surface area contributed by atoms with Gasteiger partial charge in [0.25, 0.3) is 0 Å². The largest absolute Gasteiger partial charge is 0.481 e. The number of benzene rings is 1. The predicted octanol–water partition coefficient (Wildman–Crippen LogP) is 2.96. The maximum atomic E-state index is 13.1. The van der Waals surface area contributed by atoms with Gasteiger partial charge in [-0.25, -0.2) is 0 Å². The first-order chi connectivity index (χ1) is 9.27. The highest BCUT2D eigenvalue weighted by atomic mass is 19.4. The zero-order valence-electron chi connectivity index (χ0n) is 10.7. The SMILES string of the molecule is O=C(O)C1(c2ccccc2C(F)(F)F)CCC(O)CC1. The molecule has 3 nitrogen and oxygen atoms in total. The molecule has 0 saturated heterocycles. The third-order valence-electron chi connectivity index (χ3n) is 3.97. The van der Waals surface area contributed by atoms with Crippen molar-refractivity contribution in [2.24, 2.45) is 0 Å². The van der Waals surface area contributed by atoms with Crippen LogP contribution in [-0.2, 0) is 16.4 Å². The second-order valence-electron chi connectivity index (χ2n) is 5.16. The molecule has 0 atom stereocenters. The molecule has 1 aromatic carbocycles. The molecule has 1 aliphatic rings. The summed E-state index contributed by atoms with van der Waals surface area (Å²) in [6.07, 6.45) is -4.82. The average Bonchev–Trinajstić information content (AvgIpc) is 2.38. The standard InChI is InChI=1S/C14H15F3O3/c15-14(16,17)11-4-2-1-3-10(11)13(12(19)20)7-5-9(18)6-8-13/h1-4,9,18H,5-8H2,(H,19,20). The van der Waals surface area contributed by atoms with E-state index in [1.807, 2.05) is 0 Å². The molecule has 110 valence electrons. The van der Waals surface area contributed by atoms with Gasteiger partial charge < -0.3 is 10.2 Å². The molecule has 6 heteroatoms. The fourth-order valence-electron chi connectivity index (χ4n) is 2.84. The van der Waals surface area contributed by atoms with Crippen molar-refractivity contribution >= 4 is 5.97 Å². The van der Waals surface area contributed by atoms with E-state index in [1.54, 1.807) is 0 Å². The van der Waals surface area contributed by atoms with Crippen LogP contribution in [0.1, 0.15) is 36.8 Å². The van der Waals surface area contributed by atoms with Crippen LogP contribution in [0.5, 0.6) is 0 Å². The van der Waals surface area contributed by atoms with Crippen molar-refractivity contribution in [3.05, 3.63) is 35.4 Å². The Morgan fingerprint density at radius 2 is 1.75 bits per heavy atom. The van der Waals surface area contributed by atoms with Crippen molar-refractivity contribution in [3.63, 3.8) is 0 Å². The molecule has 20 heavy (non-hydrogen) atoms. The smallest absolute Gasteiger partial charge is 0.416 e. The Balaban J connectivity index is 2.54. The van der Waals surface area contributed by atoms with E-state index >= 15 is 0 Å². The maximum absolute atomic E-state index is 13.1. The maximum Gasteiger partial charge on any atom is 0.416 e. The van der Waals surface area contributed by atoms with Gasteiger partial charge in [0.1, 0.15) is 0 Å². The fourth-order valence-corrected chi connectivity index (χ4v) is 2.84. The summed E-state index contributed by atoms with van der Waals surface area (Å²) in [6, 6.07) is 4.81. The number of alkyl halides is 3. The summed E-state index contributed by atoms with van der Waals surface area (Å²) in [4.78, 5) is 11.6. The molecule has 0 aliphatic heterocycles. The Bertz CT molecular complexity index is 503. The van der Waals surface area contributed by atoms with Gasteiger partial charge in [0.2, 0.25) is 0 Å². The van der Waals surface area contributed by atoms with Gasteiger partial charge in [0.15, 0.2) is 0 Å². The van der Waals surface area contributed by atoms with Gasteiger partial charge in [-0.3, -0.25) is 4.79 Å². The number of carboxylic acid groups (broad SMARTS) is 1. The summed E-state index contributed by atoms with van der Waals surface area (Å²) in [5, 5.41) is 19.0. The minimum absolute atomic E-state index is 0.0105. The molecular formula is C14H15F3O3. The highest BCUT2D eigenvalue weighted by molar-refractivity contribution is 5.82. The minimum atomic E-state index is -4.59. The van der Waals surface area contributed by atoms with E-state index in [0.717, 1.165) is 6.07 Å². The number of aliphatic hydroxyl groups is 1. The van der Waals surface area contributed by atoms with Crippen LogP contribution >= 0.6 is 0 Å². The highest BCUT2D eigenvalue weighted by Crippen LogP contribution is 2.45. The Hall–Kier alpha value is -1.56. The zero-order chi connectivity index (χ0) is 15.0. The van der Waals surface area contributed by atoms with E-state index in [9.17, 15) is 28.2 Å². The summed E-state index contributed by atoms with van der Waals surface area (Å²) < 4.78 is 39.2. The number of halogens is 3. The molecule has 0 unspecified atom stereocenters. The number of aliphatic hydroxyl groups excluding tert-OH is 1. The molecule has 2 N–H and O–H groups in total. The second-order valence-corrected chi connectivity index (χ2v) is 5.16. The fraction of sp³-hybridized carbons (Fsp3) is 0.500. The van der Waals surface area contributed by atoms with Crippen molar-refractivity contribution in [1.82, 2.24) is 0 Å². The van der Waals surface area contributed by atoms with E-state index < -0.39 is 29.2 Å². The Kier molecular flexibility index (Phi) is 3.77. The summed E-state index contributed by atoms with van der Waals surface area (Å²) in [5.74, 6) is -1.26. The second kappa shape index (κ2) is 5.09. The lowest BCUT2D eigenvalue weighted by Gasteiger charge is -2.37. The quantitative estimate of drug-likeness (QED) is 0.879. The molecule has 1 fully saturated rings. The molecular weight excluding hydrogens is 273 g/mol. The van der Waals surface area contributed by atoms with Gasteiger partial charge in [-0.05, 0) is 37.3 Å². The van der Waals surface area contributed by atoms with Gasteiger partial charge in [-0.2, -0.15) is 13.2 Å². The highest BCUT2D eigenvalue weighted by Gasteiger charge is 2.48. The van der Waals surface area contributed by atoms with E-state index in [0.29, 0.717) is 0 Å². The van der Waals surface area contributed by atoms with Crippen LogP contribution in [-0.4, -0.2) is 22.3 Å². The molecule has 0 heterocycles. The van der Waals surface area contributed by atoms with Crippen LogP contribution in [0.4, 0.5) is 13.2 Å². The van der Waals surface area contributed by atoms with Crippen LogP contribution in [0.3, 0.4) is 0 Å². The first-order valence-electron chi connectivity index (χ1n) is 6.35. The summed E-state index contributed by atoms with van der Waals surface area (Å²) >= 11 is 0. The van der Waals surface area contributed by atoms with Crippen molar-refractivity contribution in [2.75, 3.05) is 0 Å². The first kappa shape index (κ1) is 14.8. The lowest BCUT2D eigenvalue weighted by atomic mass is 9.67. The third-order valence-corrected chi connectivity index (χ3v) is 3.97. The molecule has 2 rings (SSSR count). The van der Waals surface area contributed by atoms with Crippen LogP contribution < -0.4 is 0 Å².